The number of carbonyl (C=O) groups is 3. The number of nitrogens with zero attached hydrogens (tertiary/aromatic N) is 1. The maximum Gasteiger partial charge on any atom is 0.410 e. The minimum atomic E-state index is -3.51. The average Bonchev–Trinajstić information content (AvgIpc) is 2.74. The number of carboxylic acid groups (broad SMARTS) is 1. The van der Waals surface area contributed by atoms with Gasteiger partial charge in [0.05, 0.1) is 25.9 Å². The first kappa shape index (κ1) is 29.4. The Morgan fingerprint density at radius 3 is 2.18 bits per heavy atom. The number of hydrogen-bond acceptors (Lipinski definition) is 8. The van der Waals surface area contributed by atoms with Gasteiger partial charge in [-0.25, -0.2) is 14.4 Å². The summed E-state index contributed by atoms with van der Waals surface area (Å²) in [4.78, 5) is 37.8. The predicted molar refractivity (Wildman–Crippen MR) is 125 cm³/mol. The number of benzene rings is 1. The fourth-order valence-corrected chi connectivity index (χ4v) is 4.31. The zero-order valence-corrected chi connectivity index (χ0v) is 21.2. The third kappa shape index (κ3) is 11.5. The van der Waals surface area contributed by atoms with Crippen LogP contribution in [0.5, 0.6) is 0 Å². The zero-order chi connectivity index (χ0) is 25.8. The number of hydrogen-bond donors (Lipinski definition) is 2. The van der Waals surface area contributed by atoms with E-state index in [0.29, 0.717) is 0 Å². The Kier molecular flexibility index (Phi) is 12.1. The molecule has 34 heavy (non-hydrogen) atoms. The van der Waals surface area contributed by atoms with E-state index in [9.17, 15) is 24.1 Å². The number of ether oxygens (including phenoxy) is 2. The smallest absolute Gasteiger partial charge is 0.410 e. The molecule has 1 aromatic carbocycles. The second kappa shape index (κ2) is 13.9. The summed E-state index contributed by atoms with van der Waals surface area (Å²) in [5.41, 5.74) is -0.137. The Morgan fingerprint density at radius 1 is 1.09 bits per heavy atom. The molecule has 0 fully saturated rings. The summed E-state index contributed by atoms with van der Waals surface area (Å²) in [6, 6.07) is 7.36. The third-order valence-corrected chi connectivity index (χ3v) is 6.20. The first-order valence-corrected chi connectivity index (χ1v) is 12.7. The van der Waals surface area contributed by atoms with E-state index in [1.54, 1.807) is 58.9 Å². The maximum atomic E-state index is 12.8. The number of rotatable bonds is 13. The van der Waals surface area contributed by atoms with Gasteiger partial charge in [-0.2, -0.15) is 0 Å². The number of carbonyl (C=O) groups excluding carboxylic acids is 2. The fraction of sp³-hybridized carbons (Fsp3) is 0.591. The van der Waals surface area contributed by atoms with Crippen molar-refractivity contribution in [2.24, 2.45) is 0 Å². The van der Waals surface area contributed by atoms with Crippen molar-refractivity contribution >= 4 is 25.8 Å². The van der Waals surface area contributed by atoms with Crippen molar-refractivity contribution in [3.8, 4) is 0 Å². The molecule has 11 nitrogen and oxygen atoms in total. The minimum absolute atomic E-state index is 0.0549. The van der Waals surface area contributed by atoms with E-state index in [4.69, 9.17) is 18.5 Å². The highest BCUT2D eigenvalue weighted by Gasteiger charge is 2.32. The second-order valence-corrected chi connectivity index (χ2v) is 10.4. The van der Waals surface area contributed by atoms with Gasteiger partial charge >= 0.3 is 25.8 Å². The number of aliphatic carboxylic acids is 1. The van der Waals surface area contributed by atoms with Crippen LogP contribution in [0.25, 0.3) is 0 Å². The lowest BCUT2D eigenvalue weighted by atomic mass is 10.2. The van der Waals surface area contributed by atoms with Crippen molar-refractivity contribution in [2.75, 3.05) is 32.5 Å². The van der Waals surface area contributed by atoms with Gasteiger partial charge in [-0.3, -0.25) is 4.57 Å². The molecular weight excluding hydrogens is 467 g/mol. The molecule has 192 valence electrons. The monoisotopic (exact) mass is 502 g/mol. The molecule has 0 aliphatic carbocycles. The quantitative estimate of drug-likeness (QED) is 0.385. The molecule has 0 saturated heterocycles. The Balaban J connectivity index is 2.92. The lowest BCUT2D eigenvalue weighted by Crippen LogP contribution is -2.51. The molecule has 0 aromatic heterocycles. The van der Waals surface area contributed by atoms with E-state index < -0.39 is 43.9 Å². The highest BCUT2D eigenvalue weighted by Crippen LogP contribution is 2.47. The first-order valence-electron chi connectivity index (χ1n) is 10.9. The summed E-state index contributed by atoms with van der Waals surface area (Å²) >= 11 is 0. The molecule has 0 spiro atoms. The Morgan fingerprint density at radius 2 is 1.68 bits per heavy atom. The van der Waals surface area contributed by atoms with Gasteiger partial charge < -0.3 is 33.8 Å². The van der Waals surface area contributed by atoms with E-state index in [2.05, 4.69) is 5.32 Å². The molecule has 12 heteroatoms. The van der Waals surface area contributed by atoms with E-state index in [-0.39, 0.29) is 32.5 Å². The number of nitrogens with one attached hydrogen (secondary N) is 1. The van der Waals surface area contributed by atoms with E-state index in [0.717, 1.165) is 10.5 Å². The molecule has 2 N–H and O–H groups in total. The predicted octanol–water partition coefficient (Wildman–Crippen LogP) is 3.87. The zero-order valence-electron chi connectivity index (χ0n) is 20.3. The van der Waals surface area contributed by atoms with Crippen LogP contribution in [0.15, 0.2) is 30.3 Å². The molecule has 0 bridgehead atoms. The van der Waals surface area contributed by atoms with E-state index in [1.165, 1.54) is 0 Å². The lowest BCUT2D eigenvalue weighted by Gasteiger charge is -2.30. The highest BCUT2D eigenvalue weighted by atomic mass is 31.2. The van der Waals surface area contributed by atoms with Crippen molar-refractivity contribution < 1.29 is 42.6 Å². The number of amides is 2. The van der Waals surface area contributed by atoms with Crippen LogP contribution < -0.4 is 5.32 Å². The van der Waals surface area contributed by atoms with Gasteiger partial charge in [0.2, 0.25) is 0 Å². The van der Waals surface area contributed by atoms with Gasteiger partial charge in [0.25, 0.3) is 0 Å². The number of alkyl carbamates (subject to hydrolysis) is 1. The molecule has 0 radical (unpaired) electrons. The summed E-state index contributed by atoms with van der Waals surface area (Å²) in [6.45, 7) is 7.85. The summed E-state index contributed by atoms with van der Waals surface area (Å²) < 4.78 is 33.7. The summed E-state index contributed by atoms with van der Waals surface area (Å²) in [5, 5.41) is 11.9. The summed E-state index contributed by atoms with van der Waals surface area (Å²) in [6.07, 6.45) is -1.98. The van der Waals surface area contributed by atoms with Gasteiger partial charge in [0.1, 0.15) is 18.2 Å². The lowest BCUT2D eigenvalue weighted by molar-refractivity contribution is -0.139. The van der Waals surface area contributed by atoms with Crippen LogP contribution in [-0.4, -0.2) is 72.3 Å². The Bertz CT molecular complexity index is 833. The van der Waals surface area contributed by atoms with Crippen LogP contribution >= 0.6 is 7.60 Å². The van der Waals surface area contributed by atoms with Crippen molar-refractivity contribution in [3.63, 3.8) is 0 Å². The standard InChI is InChI=1S/C22H35N2O9P/c1-6-31-34(29,32-7-2)14-13-24(21(28)33-22(3,4)5)15-18(19(25)26)23-20(27)30-16-17-11-9-8-10-12-17/h8-12,18H,6-7,13-16H2,1-5H3,(H,23,27)(H,25,26). The van der Waals surface area contributed by atoms with Crippen LogP contribution in [0.2, 0.25) is 0 Å². The second-order valence-electron chi connectivity index (χ2n) is 8.19. The van der Waals surface area contributed by atoms with Gasteiger partial charge in [-0.15, -0.1) is 0 Å². The van der Waals surface area contributed by atoms with Crippen LogP contribution in [0.3, 0.4) is 0 Å². The maximum absolute atomic E-state index is 12.8. The largest absolute Gasteiger partial charge is 0.480 e. The molecule has 0 saturated carbocycles. The highest BCUT2D eigenvalue weighted by molar-refractivity contribution is 7.53. The fourth-order valence-electron chi connectivity index (χ4n) is 2.70. The summed E-state index contributed by atoms with van der Waals surface area (Å²) in [5.74, 6) is -1.39. The number of carboxylic acids is 1. The SMILES string of the molecule is CCOP(=O)(CCN(CC(NC(=O)OCc1ccccc1)C(=O)O)C(=O)OC(C)(C)C)OCC. The van der Waals surface area contributed by atoms with Crippen LogP contribution in [0.4, 0.5) is 9.59 Å². The van der Waals surface area contributed by atoms with Gasteiger partial charge in [-0.05, 0) is 40.2 Å². The molecule has 0 aliphatic heterocycles. The topological polar surface area (TPSA) is 141 Å². The van der Waals surface area contributed by atoms with Gasteiger partial charge in [0.15, 0.2) is 0 Å². The Hall–Kier alpha value is -2.62. The van der Waals surface area contributed by atoms with Crippen LogP contribution in [0.1, 0.15) is 40.2 Å². The van der Waals surface area contributed by atoms with E-state index in [1.807, 2.05) is 6.07 Å². The van der Waals surface area contributed by atoms with Crippen LogP contribution in [-0.2, 0) is 34.5 Å². The molecule has 1 rings (SSSR count). The molecule has 2 amide bonds. The normalized spacial score (nSPS) is 12.5. The molecular formula is C22H35N2O9P. The molecule has 1 aromatic rings. The van der Waals surface area contributed by atoms with Gasteiger partial charge in [0, 0.05) is 6.54 Å². The average molecular weight is 503 g/mol. The van der Waals surface area contributed by atoms with Gasteiger partial charge in [-0.1, -0.05) is 30.3 Å². The minimum Gasteiger partial charge on any atom is -0.480 e. The molecule has 1 unspecified atom stereocenters. The van der Waals surface area contributed by atoms with Crippen molar-refractivity contribution in [3.05, 3.63) is 35.9 Å². The summed E-state index contributed by atoms with van der Waals surface area (Å²) in [7, 11) is -3.51. The third-order valence-electron chi connectivity index (χ3n) is 4.15. The van der Waals surface area contributed by atoms with Crippen molar-refractivity contribution in [2.45, 2.75) is 52.9 Å². The van der Waals surface area contributed by atoms with E-state index >= 15 is 0 Å². The molecule has 0 heterocycles. The molecule has 1 atom stereocenters. The van der Waals surface area contributed by atoms with Crippen LogP contribution in [0, 0.1) is 0 Å². The van der Waals surface area contributed by atoms with Crippen molar-refractivity contribution in [1.29, 1.82) is 0 Å². The van der Waals surface area contributed by atoms with Crippen molar-refractivity contribution in [1.82, 2.24) is 10.2 Å². The Labute approximate surface area is 200 Å². The molecule has 0 aliphatic rings. The first-order chi connectivity index (χ1) is 15.9.